The topological polar surface area (TPSA) is 102 Å². The fraction of sp³-hybridized carbons (Fsp3) is 0.455. The molecule has 96 valence electrons. The van der Waals surface area contributed by atoms with E-state index in [-0.39, 0.29) is 23.3 Å². The monoisotopic (exact) mass is 250 g/mol. The van der Waals surface area contributed by atoms with Gasteiger partial charge in [0, 0.05) is 25.2 Å². The van der Waals surface area contributed by atoms with Crippen molar-refractivity contribution in [3.8, 4) is 0 Å². The molecule has 2 rings (SSSR count). The Bertz CT molecular complexity index is 503. The standard InChI is InChI=1S/C11H14N4O3/c1-7-2-9(15(17)18)11(13-5-7)14-6-8(4-12)3-10(14)16/h2,5,8H,3-4,6,12H2,1H3. The summed E-state index contributed by atoms with van der Waals surface area (Å²) in [6.07, 6.45) is 1.84. The predicted octanol–water partition coefficient (Wildman–Crippen LogP) is 0.610. The summed E-state index contributed by atoms with van der Waals surface area (Å²) in [7, 11) is 0. The minimum atomic E-state index is -0.515. The first-order valence-electron chi connectivity index (χ1n) is 5.64. The average Bonchev–Trinajstić information content (AvgIpc) is 2.70. The van der Waals surface area contributed by atoms with Gasteiger partial charge in [-0.25, -0.2) is 4.98 Å². The molecular weight excluding hydrogens is 236 g/mol. The largest absolute Gasteiger partial charge is 0.330 e. The van der Waals surface area contributed by atoms with E-state index in [1.54, 1.807) is 6.92 Å². The maximum Gasteiger partial charge on any atom is 0.312 e. The third kappa shape index (κ3) is 2.17. The maximum atomic E-state index is 11.8. The Morgan fingerprint density at radius 2 is 2.39 bits per heavy atom. The van der Waals surface area contributed by atoms with E-state index < -0.39 is 4.92 Å². The number of carbonyl (C=O) groups is 1. The number of anilines is 1. The smallest absolute Gasteiger partial charge is 0.312 e. The van der Waals surface area contributed by atoms with Crippen LogP contribution in [0.3, 0.4) is 0 Å². The third-order valence-corrected chi connectivity index (χ3v) is 2.97. The number of amides is 1. The lowest BCUT2D eigenvalue weighted by molar-refractivity contribution is -0.384. The zero-order valence-corrected chi connectivity index (χ0v) is 10.00. The van der Waals surface area contributed by atoms with Crippen LogP contribution in [-0.2, 0) is 4.79 Å². The van der Waals surface area contributed by atoms with Gasteiger partial charge in [-0.1, -0.05) is 0 Å². The Morgan fingerprint density at radius 1 is 1.67 bits per heavy atom. The van der Waals surface area contributed by atoms with Crippen molar-refractivity contribution >= 4 is 17.4 Å². The Hall–Kier alpha value is -2.02. The Balaban J connectivity index is 2.39. The summed E-state index contributed by atoms with van der Waals surface area (Å²) in [6.45, 7) is 2.51. The summed E-state index contributed by atoms with van der Waals surface area (Å²) in [5.41, 5.74) is 6.07. The maximum absolute atomic E-state index is 11.8. The highest BCUT2D eigenvalue weighted by Crippen LogP contribution is 2.31. The second-order valence-corrected chi connectivity index (χ2v) is 4.42. The normalized spacial score (nSPS) is 19.3. The van der Waals surface area contributed by atoms with Crippen LogP contribution in [0.4, 0.5) is 11.5 Å². The van der Waals surface area contributed by atoms with Crippen LogP contribution in [-0.4, -0.2) is 28.9 Å². The first-order chi connectivity index (χ1) is 8.52. The van der Waals surface area contributed by atoms with Crippen LogP contribution in [0.5, 0.6) is 0 Å². The molecule has 1 amide bonds. The van der Waals surface area contributed by atoms with Gasteiger partial charge in [0.25, 0.3) is 0 Å². The summed E-state index contributed by atoms with van der Waals surface area (Å²) in [6, 6.07) is 1.42. The van der Waals surface area contributed by atoms with Crippen LogP contribution in [0.1, 0.15) is 12.0 Å². The molecule has 1 aliphatic rings. The van der Waals surface area contributed by atoms with E-state index in [2.05, 4.69) is 4.98 Å². The second-order valence-electron chi connectivity index (χ2n) is 4.42. The highest BCUT2D eigenvalue weighted by Gasteiger charge is 2.34. The van der Waals surface area contributed by atoms with Gasteiger partial charge in [-0.15, -0.1) is 0 Å². The molecular formula is C11H14N4O3. The highest BCUT2D eigenvalue weighted by molar-refractivity contribution is 5.96. The van der Waals surface area contributed by atoms with E-state index in [0.717, 1.165) is 0 Å². The summed E-state index contributed by atoms with van der Waals surface area (Å²) in [4.78, 5) is 27.7. The number of aromatic nitrogens is 1. The van der Waals surface area contributed by atoms with Crippen molar-refractivity contribution in [1.29, 1.82) is 0 Å². The lowest BCUT2D eigenvalue weighted by atomic mass is 10.1. The molecule has 0 radical (unpaired) electrons. The molecule has 7 heteroatoms. The molecule has 0 aliphatic carbocycles. The lowest BCUT2D eigenvalue weighted by Crippen LogP contribution is -2.27. The van der Waals surface area contributed by atoms with Gasteiger partial charge in [-0.05, 0) is 24.9 Å². The summed E-state index contributed by atoms with van der Waals surface area (Å²) in [5, 5.41) is 11.0. The molecule has 1 saturated heterocycles. The molecule has 1 aliphatic heterocycles. The van der Waals surface area contributed by atoms with Gasteiger partial charge in [-0.2, -0.15) is 0 Å². The van der Waals surface area contributed by atoms with E-state index in [0.29, 0.717) is 25.1 Å². The molecule has 0 spiro atoms. The van der Waals surface area contributed by atoms with Crippen molar-refractivity contribution in [2.24, 2.45) is 11.7 Å². The van der Waals surface area contributed by atoms with Crippen LogP contribution in [0.2, 0.25) is 0 Å². The Kier molecular flexibility index (Phi) is 3.24. The number of rotatable bonds is 3. The van der Waals surface area contributed by atoms with Gasteiger partial charge >= 0.3 is 5.69 Å². The summed E-state index contributed by atoms with van der Waals surface area (Å²) < 4.78 is 0. The molecule has 1 fully saturated rings. The first-order valence-corrected chi connectivity index (χ1v) is 5.64. The van der Waals surface area contributed by atoms with Crippen molar-refractivity contribution in [3.63, 3.8) is 0 Å². The van der Waals surface area contributed by atoms with Crippen molar-refractivity contribution in [2.45, 2.75) is 13.3 Å². The third-order valence-electron chi connectivity index (χ3n) is 2.97. The minimum Gasteiger partial charge on any atom is -0.330 e. The van der Waals surface area contributed by atoms with Crippen LogP contribution < -0.4 is 10.6 Å². The van der Waals surface area contributed by atoms with E-state index in [9.17, 15) is 14.9 Å². The van der Waals surface area contributed by atoms with Crippen LogP contribution in [0.15, 0.2) is 12.3 Å². The van der Waals surface area contributed by atoms with Crippen LogP contribution >= 0.6 is 0 Å². The number of hydrogen-bond donors (Lipinski definition) is 1. The molecule has 0 aromatic carbocycles. The Morgan fingerprint density at radius 3 is 2.94 bits per heavy atom. The van der Waals surface area contributed by atoms with E-state index in [4.69, 9.17) is 5.73 Å². The number of hydrogen-bond acceptors (Lipinski definition) is 5. The molecule has 1 unspecified atom stereocenters. The number of nitro groups is 1. The van der Waals surface area contributed by atoms with Gasteiger partial charge in [0.05, 0.1) is 4.92 Å². The lowest BCUT2D eigenvalue weighted by Gasteiger charge is -2.15. The zero-order chi connectivity index (χ0) is 13.3. The van der Waals surface area contributed by atoms with Crippen molar-refractivity contribution in [3.05, 3.63) is 27.9 Å². The van der Waals surface area contributed by atoms with E-state index in [1.807, 2.05) is 0 Å². The predicted molar refractivity (Wildman–Crippen MR) is 65.1 cm³/mol. The molecule has 0 bridgehead atoms. The van der Waals surface area contributed by atoms with E-state index in [1.165, 1.54) is 17.2 Å². The fourth-order valence-corrected chi connectivity index (χ4v) is 2.03. The van der Waals surface area contributed by atoms with Gasteiger partial charge in [0.15, 0.2) is 0 Å². The van der Waals surface area contributed by atoms with Crippen molar-refractivity contribution in [1.82, 2.24) is 4.98 Å². The summed E-state index contributed by atoms with van der Waals surface area (Å²) in [5.74, 6) is -0.00309. The van der Waals surface area contributed by atoms with Gasteiger partial charge < -0.3 is 5.73 Å². The van der Waals surface area contributed by atoms with Crippen molar-refractivity contribution < 1.29 is 9.72 Å². The van der Waals surface area contributed by atoms with Crippen molar-refractivity contribution in [2.75, 3.05) is 18.0 Å². The van der Waals surface area contributed by atoms with Gasteiger partial charge in [0.2, 0.25) is 11.7 Å². The SMILES string of the molecule is Cc1cnc(N2CC(CN)CC2=O)c([N+](=O)[O-])c1. The van der Waals surface area contributed by atoms with Crippen LogP contribution in [0.25, 0.3) is 0 Å². The number of nitrogens with two attached hydrogens (primary N) is 1. The molecule has 2 heterocycles. The zero-order valence-electron chi connectivity index (χ0n) is 10.00. The molecule has 1 aromatic rings. The molecule has 2 N–H and O–H groups in total. The molecule has 18 heavy (non-hydrogen) atoms. The van der Waals surface area contributed by atoms with E-state index >= 15 is 0 Å². The molecule has 1 aromatic heterocycles. The molecule has 7 nitrogen and oxygen atoms in total. The quantitative estimate of drug-likeness (QED) is 0.625. The minimum absolute atomic E-state index is 0.0419. The second kappa shape index (κ2) is 4.69. The Labute approximate surface area is 104 Å². The summed E-state index contributed by atoms with van der Waals surface area (Å²) >= 11 is 0. The number of aryl methyl sites for hydroxylation is 1. The number of pyridine rings is 1. The first kappa shape index (κ1) is 12.4. The number of carbonyl (C=O) groups excluding carboxylic acids is 1. The van der Waals surface area contributed by atoms with Gasteiger partial charge in [-0.3, -0.25) is 19.8 Å². The fourth-order valence-electron chi connectivity index (χ4n) is 2.03. The molecule has 1 atom stereocenters. The van der Waals surface area contributed by atoms with Gasteiger partial charge in [0.1, 0.15) is 0 Å². The van der Waals surface area contributed by atoms with Crippen LogP contribution in [0, 0.1) is 23.0 Å². The number of nitrogens with zero attached hydrogens (tertiary/aromatic N) is 3. The average molecular weight is 250 g/mol. The highest BCUT2D eigenvalue weighted by atomic mass is 16.6. The molecule has 0 saturated carbocycles.